The van der Waals surface area contributed by atoms with E-state index in [1.807, 2.05) is 0 Å². The Bertz CT molecular complexity index is 149. The van der Waals surface area contributed by atoms with E-state index in [4.69, 9.17) is 4.65 Å². The van der Waals surface area contributed by atoms with Gasteiger partial charge in [-0.05, 0) is 0 Å². The van der Waals surface area contributed by atoms with E-state index in [9.17, 15) is 4.70 Å². The maximum absolute atomic E-state index is 10.0. The van der Waals surface area contributed by atoms with Crippen LogP contribution in [0.1, 0.15) is 25.7 Å². The predicted octanol–water partition coefficient (Wildman–Crippen LogP) is 1.16. The van der Waals surface area contributed by atoms with Gasteiger partial charge in [0, 0.05) is 0 Å². The normalized spacial score (nSPS) is 43.4. The standard InChI is InChI=1S/C7H11BO2/c9-8-10-7-4-5-1-2-6(7)3-5/h5-7H,1-4H2. The van der Waals surface area contributed by atoms with Crippen molar-refractivity contribution in [1.82, 2.24) is 0 Å². The summed E-state index contributed by atoms with van der Waals surface area (Å²) < 4.78 is 15.0. The summed E-state index contributed by atoms with van der Waals surface area (Å²) in [6.07, 6.45) is 5.35. The quantitative estimate of drug-likeness (QED) is 0.535. The molecule has 2 aliphatic carbocycles. The Labute approximate surface area is 61.2 Å². The molecule has 0 saturated heterocycles. The van der Waals surface area contributed by atoms with Crippen LogP contribution in [0.25, 0.3) is 0 Å². The number of hydrogen-bond acceptors (Lipinski definition) is 2. The van der Waals surface area contributed by atoms with E-state index in [1.165, 1.54) is 19.3 Å². The molecule has 3 unspecified atom stereocenters. The fraction of sp³-hybridized carbons (Fsp3) is 1.00. The van der Waals surface area contributed by atoms with Crippen molar-refractivity contribution in [2.45, 2.75) is 31.8 Å². The van der Waals surface area contributed by atoms with Gasteiger partial charge in [-0.15, -0.1) is 0 Å². The van der Waals surface area contributed by atoms with Gasteiger partial charge in [-0.1, -0.05) is 0 Å². The average molecular weight is 138 g/mol. The Balaban J connectivity index is 1.95. The van der Waals surface area contributed by atoms with Crippen molar-refractivity contribution >= 4 is 7.35 Å². The van der Waals surface area contributed by atoms with E-state index in [0.29, 0.717) is 13.3 Å². The molecule has 0 radical (unpaired) electrons. The van der Waals surface area contributed by atoms with E-state index in [2.05, 4.69) is 0 Å². The molecule has 2 nitrogen and oxygen atoms in total. The van der Waals surface area contributed by atoms with Crippen molar-refractivity contribution in [2.75, 3.05) is 0 Å². The van der Waals surface area contributed by atoms with Crippen molar-refractivity contribution in [3.8, 4) is 0 Å². The van der Waals surface area contributed by atoms with Crippen molar-refractivity contribution < 1.29 is 9.36 Å². The summed E-state index contributed by atoms with van der Waals surface area (Å²) in [5, 5.41) is 0. The molecule has 3 heteroatoms. The van der Waals surface area contributed by atoms with Crippen LogP contribution in [0.5, 0.6) is 0 Å². The molecule has 2 saturated carbocycles. The van der Waals surface area contributed by atoms with Crippen molar-refractivity contribution in [3.63, 3.8) is 0 Å². The van der Waals surface area contributed by atoms with Crippen LogP contribution in [0.2, 0.25) is 0 Å². The summed E-state index contributed by atoms with van der Waals surface area (Å²) in [6, 6.07) is 0. The van der Waals surface area contributed by atoms with Crippen LogP contribution in [0, 0.1) is 11.8 Å². The number of rotatable bonds is 2. The second kappa shape index (κ2) is 2.37. The minimum absolute atomic E-state index is 0.274. The summed E-state index contributed by atoms with van der Waals surface area (Å²) >= 11 is 0. The average Bonchev–Trinajstić information content (AvgIpc) is 2.48. The zero-order chi connectivity index (χ0) is 6.97. The summed E-state index contributed by atoms with van der Waals surface area (Å²) in [5.41, 5.74) is 0. The topological polar surface area (TPSA) is 26.3 Å². The molecular formula is C7H11BO2. The molecule has 2 bridgehead atoms. The van der Waals surface area contributed by atoms with Crippen molar-refractivity contribution in [1.29, 1.82) is 0 Å². The first-order valence-corrected chi connectivity index (χ1v) is 3.99. The second-order valence-corrected chi connectivity index (χ2v) is 3.45. The molecule has 3 atom stereocenters. The van der Waals surface area contributed by atoms with E-state index in [1.54, 1.807) is 0 Å². The third-order valence-electron chi connectivity index (χ3n) is 2.90. The van der Waals surface area contributed by atoms with Gasteiger partial charge in [0.15, 0.2) is 0 Å². The van der Waals surface area contributed by atoms with E-state index in [0.717, 1.165) is 12.3 Å². The molecule has 0 amide bonds. The van der Waals surface area contributed by atoms with Crippen LogP contribution in [-0.4, -0.2) is 13.5 Å². The van der Waals surface area contributed by atoms with Crippen LogP contribution in [0.15, 0.2) is 0 Å². The third kappa shape index (κ3) is 0.880. The molecule has 0 aromatic heterocycles. The Morgan fingerprint density at radius 1 is 1.30 bits per heavy atom. The van der Waals surface area contributed by atoms with Crippen LogP contribution in [0.4, 0.5) is 0 Å². The van der Waals surface area contributed by atoms with Gasteiger partial charge in [0.05, 0.1) is 0 Å². The summed E-state index contributed by atoms with van der Waals surface area (Å²) in [6.45, 7) is 0. The maximum atomic E-state index is 10.0. The Morgan fingerprint density at radius 2 is 2.20 bits per heavy atom. The summed E-state index contributed by atoms with van der Waals surface area (Å²) in [5.74, 6) is 1.57. The molecule has 0 heterocycles. The van der Waals surface area contributed by atoms with Gasteiger partial charge in [0.2, 0.25) is 0 Å². The van der Waals surface area contributed by atoms with Gasteiger partial charge >= 0.3 is 60.3 Å². The van der Waals surface area contributed by atoms with Crippen LogP contribution in [0.3, 0.4) is 0 Å². The van der Waals surface area contributed by atoms with Gasteiger partial charge in [-0.2, -0.15) is 0 Å². The van der Waals surface area contributed by atoms with Crippen LogP contribution < -0.4 is 0 Å². The first-order valence-electron chi connectivity index (χ1n) is 3.99. The molecule has 0 spiro atoms. The summed E-state index contributed by atoms with van der Waals surface area (Å²) in [4.78, 5) is 0. The molecule has 2 fully saturated rings. The first-order chi connectivity index (χ1) is 4.90. The molecule has 2 aliphatic rings. The molecule has 0 aromatic rings. The molecule has 0 aliphatic heterocycles. The van der Waals surface area contributed by atoms with E-state index >= 15 is 0 Å². The summed E-state index contributed by atoms with van der Waals surface area (Å²) in [7, 11) is 0.603. The Hall–Kier alpha value is -0.335. The van der Waals surface area contributed by atoms with Gasteiger partial charge in [0.1, 0.15) is 0 Å². The third-order valence-corrected chi connectivity index (χ3v) is 2.90. The zero-order valence-electron chi connectivity index (χ0n) is 5.95. The van der Waals surface area contributed by atoms with Crippen molar-refractivity contribution in [2.24, 2.45) is 11.8 Å². The Kier molecular flexibility index (Phi) is 1.51. The molecule has 0 N–H and O–H groups in total. The Morgan fingerprint density at radius 3 is 2.70 bits per heavy atom. The molecular weight excluding hydrogens is 127 g/mol. The zero-order valence-corrected chi connectivity index (χ0v) is 5.95. The molecule has 10 heavy (non-hydrogen) atoms. The fourth-order valence-electron chi connectivity index (χ4n) is 2.42. The monoisotopic (exact) mass is 138 g/mol. The van der Waals surface area contributed by atoms with Gasteiger partial charge < -0.3 is 0 Å². The second-order valence-electron chi connectivity index (χ2n) is 3.45. The number of hydrogen-bond donors (Lipinski definition) is 0. The predicted molar refractivity (Wildman–Crippen MR) is 36.8 cm³/mol. The van der Waals surface area contributed by atoms with Crippen LogP contribution in [-0.2, 0) is 9.36 Å². The molecule has 0 aromatic carbocycles. The van der Waals surface area contributed by atoms with E-state index < -0.39 is 0 Å². The fourth-order valence-corrected chi connectivity index (χ4v) is 2.42. The van der Waals surface area contributed by atoms with Gasteiger partial charge in [-0.25, -0.2) is 0 Å². The van der Waals surface area contributed by atoms with Gasteiger partial charge in [0.25, 0.3) is 0 Å². The van der Waals surface area contributed by atoms with E-state index in [-0.39, 0.29) is 6.10 Å². The minimum atomic E-state index is 0.274. The molecule has 54 valence electrons. The first kappa shape index (κ1) is 6.38. The SMILES string of the molecule is O=BOC1CC2CCC1C2. The van der Waals surface area contributed by atoms with Gasteiger partial charge in [-0.3, -0.25) is 0 Å². The molecule has 2 rings (SSSR count). The van der Waals surface area contributed by atoms with Crippen molar-refractivity contribution in [3.05, 3.63) is 0 Å². The van der Waals surface area contributed by atoms with Crippen LogP contribution >= 0.6 is 0 Å². The number of fused-ring (bicyclic) bond motifs is 2.